The Kier molecular flexibility index (Phi) is 2.85. The van der Waals surface area contributed by atoms with Gasteiger partial charge in [0.15, 0.2) is 0 Å². The minimum absolute atomic E-state index is 0.0685. The first-order valence-electron chi connectivity index (χ1n) is 6.89. The van der Waals surface area contributed by atoms with E-state index in [1.165, 1.54) is 4.90 Å². The van der Waals surface area contributed by atoms with Gasteiger partial charge in [-0.25, -0.2) is 0 Å². The maximum atomic E-state index is 12.2. The van der Waals surface area contributed by atoms with Crippen LogP contribution in [0.3, 0.4) is 0 Å². The smallest absolute Gasteiger partial charge is 0.308 e. The van der Waals surface area contributed by atoms with Gasteiger partial charge in [0.1, 0.15) is 0 Å². The van der Waals surface area contributed by atoms with Crippen LogP contribution in [-0.2, 0) is 14.4 Å². The van der Waals surface area contributed by atoms with E-state index in [1.54, 1.807) is 6.92 Å². The van der Waals surface area contributed by atoms with Crippen LogP contribution in [0, 0.1) is 5.92 Å². The number of likely N-dealkylation sites (tertiary alicyclic amines) is 1. The minimum atomic E-state index is -0.777. The van der Waals surface area contributed by atoms with E-state index in [0.29, 0.717) is 13.0 Å². The predicted molar refractivity (Wildman–Crippen MR) is 65.2 cm³/mol. The third kappa shape index (κ3) is 1.69. The number of amides is 2. The summed E-state index contributed by atoms with van der Waals surface area (Å²) in [4.78, 5) is 38.6. The van der Waals surface area contributed by atoms with E-state index in [2.05, 4.69) is 0 Å². The van der Waals surface area contributed by atoms with Crippen LogP contribution in [0.4, 0.5) is 0 Å². The van der Waals surface area contributed by atoms with Crippen molar-refractivity contribution in [2.45, 2.75) is 50.7 Å². The number of carboxylic acids is 1. The van der Waals surface area contributed by atoms with E-state index in [-0.39, 0.29) is 36.2 Å². The van der Waals surface area contributed by atoms with Gasteiger partial charge in [-0.1, -0.05) is 0 Å². The molecule has 1 N–H and O–H groups in total. The Morgan fingerprint density at radius 3 is 2.63 bits per heavy atom. The quantitative estimate of drug-likeness (QED) is 0.731. The number of likely N-dealkylation sites (N-methyl/N-ethyl adjacent to an activating group) is 1. The lowest BCUT2D eigenvalue weighted by atomic mass is 9.89. The summed E-state index contributed by atoms with van der Waals surface area (Å²) >= 11 is 0. The number of hydrogen-bond donors (Lipinski definition) is 1. The van der Waals surface area contributed by atoms with E-state index in [1.807, 2.05) is 4.90 Å². The normalized spacial score (nSPS) is 38.5. The fourth-order valence-electron chi connectivity index (χ4n) is 4.01. The SMILES string of the molecule is CCN1C(=O)CC(N2C3CCC2C(C(=O)O)C3)C1=O. The molecular formula is C13H18N2O4. The van der Waals surface area contributed by atoms with Crippen LogP contribution in [0.2, 0.25) is 0 Å². The van der Waals surface area contributed by atoms with Gasteiger partial charge in [-0.05, 0) is 26.2 Å². The molecule has 0 spiro atoms. The summed E-state index contributed by atoms with van der Waals surface area (Å²) in [5, 5.41) is 9.22. The first-order valence-corrected chi connectivity index (χ1v) is 6.89. The highest BCUT2D eigenvalue weighted by Gasteiger charge is 2.55. The Bertz CT molecular complexity index is 450. The van der Waals surface area contributed by atoms with Crippen molar-refractivity contribution in [2.24, 2.45) is 5.92 Å². The number of imide groups is 1. The molecule has 6 nitrogen and oxygen atoms in total. The molecule has 0 aliphatic carbocycles. The zero-order valence-corrected chi connectivity index (χ0v) is 10.9. The van der Waals surface area contributed by atoms with Gasteiger partial charge in [0.2, 0.25) is 11.8 Å². The molecule has 19 heavy (non-hydrogen) atoms. The number of nitrogens with zero attached hydrogens (tertiary/aromatic N) is 2. The van der Waals surface area contributed by atoms with E-state index in [0.717, 1.165) is 12.8 Å². The Labute approximate surface area is 111 Å². The molecule has 3 aliphatic rings. The van der Waals surface area contributed by atoms with Gasteiger partial charge in [0.25, 0.3) is 0 Å². The van der Waals surface area contributed by atoms with Crippen molar-refractivity contribution in [3.05, 3.63) is 0 Å². The van der Waals surface area contributed by atoms with Crippen molar-refractivity contribution in [3.8, 4) is 0 Å². The number of carboxylic acid groups (broad SMARTS) is 1. The molecule has 3 aliphatic heterocycles. The molecule has 4 atom stereocenters. The molecule has 0 aromatic carbocycles. The van der Waals surface area contributed by atoms with Crippen molar-refractivity contribution in [1.82, 2.24) is 9.80 Å². The molecule has 3 fully saturated rings. The molecule has 104 valence electrons. The summed E-state index contributed by atoms with van der Waals surface area (Å²) < 4.78 is 0. The molecular weight excluding hydrogens is 248 g/mol. The monoisotopic (exact) mass is 266 g/mol. The van der Waals surface area contributed by atoms with Gasteiger partial charge in [0, 0.05) is 18.6 Å². The van der Waals surface area contributed by atoms with Crippen LogP contribution < -0.4 is 0 Å². The molecule has 2 amide bonds. The molecule has 2 bridgehead atoms. The highest BCUT2D eigenvalue weighted by Crippen LogP contribution is 2.44. The summed E-state index contributed by atoms with van der Waals surface area (Å²) in [5.41, 5.74) is 0. The number of fused-ring (bicyclic) bond motifs is 2. The highest BCUT2D eigenvalue weighted by molar-refractivity contribution is 6.05. The van der Waals surface area contributed by atoms with Crippen molar-refractivity contribution in [1.29, 1.82) is 0 Å². The van der Waals surface area contributed by atoms with Gasteiger partial charge in [-0.3, -0.25) is 24.2 Å². The second-order valence-corrected chi connectivity index (χ2v) is 5.62. The average molecular weight is 266 g/mol. The van der Waals surface area contributed by atoms with Crippen LogP contribution in [0.1, 0.15) is 32.6 Å². The standard InChI is InChI=1S/C13H18N2O4/c1-2-14-11(16)6-10(12(14)17)15-7-3-4-9(15)8(5-7)13(18)19/h7-10H,2-6H2,1H3,(H,18,19). The molecule has 0 saturated carbocycles. The number of rotatable bonds is 3. The lowest BCUT2D eigenvalue weighted by Gasteiger charge is -2.27. The van der Waals surface area contributed by atoms with E-state index >= 15 is 0 Å². The van der Waals surface area contributed by atoms with Gasteiger partial charge in [-0.2, -0.15) is 0 Å². The summed E-state index contributed by atoms with van der Waals surface area (Å²) in [7, 11) is 0. The Hall–Kier alpha value is -1.43. The molecule has 3 heterocycles. The van der Waals surface area contributed by atoms with E-state index < -0.39 is 12.0 Å². The fourth-order valence-corrected chi connectivity index (χ4v) is 4.01. The molecule has 3 saturated heterocycles. The fraction of sp³-hybridized carbons (Fsp3) is 0.769. The van der Waals surface area contributed by atoms with Crippen LogP contribution in [0.25, 0.3) is 0 Å². The van der Waals surface area contributed by atoms with Crippen molar-refractivity contribution < 1.29 is 19.5 Å². The van der Waals surface area contributed by atoms with Crippen LogP contribution in [-0.4, -0.2) is 57.4 Å². The topological polar surface area (TPSA) is 77.9 Å². The van der Waals surface area contributed by atoms with Gasteiger partial charge >= 0.3 is 5.97 Å². The summed E-state index contributed by atoms with van der Waals surface area (Å²) in [6.07, 6.45) is 2.60. The first-order chi connectivity index (χ1) is 9.04. The molecule has 6 heteroatoms. The Morgan fingerprint density at radius 2 is 2.11 bits per heavy atom. The third-order valence-corrected chi connectivity index (χ3v) is 4.80. The molecule has 3 rings (SSSR count). The van der Waals surface area contributed by atoms with Gasteiger partial charge < -0.3 is 5.11 Å². The zero-order valence-electron chi connectivity index (χ0n) is 10.9. The van der Waals surface area contributed by atoms with Crippen LogP contribution >= 0.6 is 0 Å². The Balaban J connectivity index is 1.83. The van der Waals surface area contributed by atoms with Gasteiger partial charge in [0.05, 0.1) is 18.4 Å². The number of carbonyl (C=O) groups is 3. The molecule has 4 unspecified atom stereocenters. The molecule has 0 radical (unpaired) electrons. The summed E-state index contributed by atoms with van der Waals surface area (Å²) in [6.45, 7) is 2.19. The maximum Gasteiger partial charge on any atom is 0.308 e. The van der Waals surface area contributed by atoms with E-state index in [4.69, 9.17) is 0 Å². The second kappa shape index (κ2) is 4.30. The predicted octanol–water partition coefficient (Wildman–Crippen LogP) is 0.0713. The van der Waals surface area contributed by atoms with Crippen LogP contribution in [0.5, 0.6) is 0 Å². The zero-order chi connectivity index (χ0) is 13.7. The Morgan fingerprint density at radius 1 is 1.37 bits per heavy atom. The average Bonchev–Trinajstić information content (AvgIpc) is 3.00. The number of hydrogen-bond acceptors (Lipinski definition) is 4. The highest BCUT2D eigenvalue weighted by atomic mass is 16.4. The number of carbonyl (C=O) groups excluding carboxylic acids is 2. The minimum Gasteiger partial charge on any atom is -0.481 e. The van der Waals surface area contributed by atoms with Crippen molar-refractivity contribution in [3.63, 3.8) is 0 Å². The lowest BCUT2D eigenvalue weighted by Crippen LogP contribution is -2.45. The largest absolute Gasteiger partial charge is 0.481 e. The van der Waals surface area contributed by atoms with Crippen LogP contribution in [0.15, 0.2) is 0 Å². The second-order valence-electron chi connectivity index (χ2n) is 5.62. The third-order valence-electron chi connectivity index (χ3n) is 4.80. The van der Waals surface area contributed by atoms with Gasteiger partial charge in [-0.15, -0.1) is 0 Å². The summed E-state index contributed by atoms with van der Waals surface area (Å²) in [5.74, 6) is -1.43. The van der Waals surface area contributed by atoms with Crippen molar-refractivity contribution in [2.75, 3.05) is 6.54 Å². The lowest BCUT2D eigenvalue weighted by molar-refractivity contribution is -0.144. The first kappa shape index (κ1) is 12.6. The van der Waals surface area contributed by atoms with Crippen molar-refractivity contribution >= 4 is 17.8 Å². The molecule has 0 aromatic heterocycles. The van der Waals surface area contributed by atoms with E-state index in [9.17, 15) is 19.5 Å². The molecule has 0 aromatic rings. The maximum absolute atomic E-state index is 12.2. The number of aliphatic carboxylic acids is 1. The summed E-state index contributed by atoms with van der Waals surface area (Å²) in [6, 6.07) is -0.333.